The van der Waals surface area contributed by atoms with E-state index in [9.17, 15) is 4.79 Å². The standard InChI is InChI=1S/C8H6BrIO/c9-7-3-1-6(2-4-7)8(10)5-11/h1-5,8H. The predicted molar refractivity (Wildman–Crippen MR) is 57.0 cm³/mol. The number of carbonyl (C=O) groups is 1. The van der Waals surface area contributed by atoms with E-state index in [1.807, 2.05) is 24.3 Å². The molecule has 0 saturated heterocycles. The second-order valence-corrected chi connectivity index (χ2v) is 4.35. The van der Waals surface area contributed by atoms with E-state index in [2.05, 4.69) is 38.5 Å². The highest BCUT2D eigenvalue weighted by Crippen LogP contribution is 2.22. The first-order valence-corrected chi connectivity index (χ1v) is 5.12. The van der Waals surface area contributed by atoms with Crippen LogP contribution in [-0.2, 0) is 4.79 Å². The van der Waals surface area contributed by atoms with Gasteiger partial charge in [0, 0.05) is 4.47 Å². The van der Waals surface area contributed by atoms with Crippen molar-refractivity contribution in [1.82, 2.24) is 0 Å². The Kier molecular flexibility index (Phi) is 3.51. The lowest BCUT2D eigenvalue weighted by atomic mass is 10.2. The van der Waals surface area contributed by atoms with Crippen molar-refractivity contribution in [2.24, 2.45) is 0 Å². The summed E-state index contributed by atoms with van der Waals surface area (Å²) in [6.45, 7) is 0. The van der Waals surface area contributed by atoms with Crippen molar-refractivity contribution in [1.29, 1.82) is 0 Å². The van der Waals surface area contributed by atoms with Crippen molar-refractivity contribution in [3.05, 3.63) is 34.3 Å². The summed E-state index contributed by atoms with van der Waals surface area (Å²) < 4.78 is 1.01. The minimum atomic E-state index is -0.0271. The zero-order chi connectivity index (χ0) is 8.27. The summed E-state index contributed by atoms with van der Waals surface area (Å²) >= 11 is 5.43. The summed E-state index contributed by atoms with van der Waals surface area (Å²) in [5.41, 5.74) is 1.05. The number of halogens is 2. The van der Waals surface area contributed by atoms with Gasteiger partial charge in [0.05, 0.1) is 3.92 Å². The summed E-state index contributed by atoms with van der Waals surface area (Å²) in [6, 6.07) is 7.75. The Morgan fingerprint density at radius 3 is 2.36 bits per heavy atom. The maximum Gasteiger partial charge on any atom is 0.137 e. The number of carbonyl (C=O) groups excluding carboxylic acids is 1. The Bertz CT molecular complexity index is 245. The molecular weight excluding hydrogens is 319 g/mol. The van der Waals surface area contributed by atoms with E-state index in [-0.39, 0.29) is 3.92 Å². The zero-order valence-corrected chi connectivity index (χ0v) is 9.37. The molecule has 1 aromatic carbocycles. The number of benzene rings is 1. The van der Waals surface area contributed by atoms with E-state index < -0.39 is 0 Å². The fourth-order valence-electron chi connectivity index (χ4n) is 0.725. The van der Waals surface area contributed by atoms with Crippen LogP contribution in [0.4, 0.5) is 0 Å². The second kappa shape index (κ2) is 4.21. The molecule has 0 N–H and O–H groups in total. The molecule has 0 saturated carbocycles. The maximum atomic E-state index is 10.4. The van der Waals surface area contributed by atoms with E-state index in [4.69, 9.17) is 0 Å². The molecule has 1 atom stereocenters. The molecule has 11 heavy (non-hydrogen) atoms. The molecule has 0 spiro atoms. The molecule has 0 aliphatic carbocycles. The van der Waals surface area contributed by atoms with Gasteiger partial charge in [-0.15, -0.1) is 0 Å². The summed E-state index contributed by atoms with van der Waals surface area (Å²) in [4.78, 5) is 10.4. The Morgan fingerprint density at radius 1 is 1.36 bits per heavy atom. The summed E-state index contributed by atoms with van der Waals surface area (Å²) in [6.07, 6.45) is 0.934. The van der Waals surface area contributed by atoms with Gasteiger partial charge in [0.25, 0.3) is 0 Å². The first kappa shape index (κ1) is 9.19. The van der Waals surface area contributed by atoms with Crippen molar-refractivity contribution in [2.75, 3.05) is 0 Å². The molecule has 1 unspecified atom stereocenters. The Balaban J connectivity index is 2.89. The van der Waals surface area contributed by atoms with Crippen LogP contribution in [0.15, 0.2) is 28.7 Å². The third-order valence-corrected chi connectivity index (χ3v) is 2.85. The average molecular weight is 325 g/mol. The molecule has 0 aliphatic heterocycles. The lowest BCUT2D eigenvalue weighted by molar-refractivity contribution is -0.107. The monoisotopic (exact) mass is 324 g/mol. The third-order valence-electron chi connectivity index (χ3n) is 1.31. The van der Waals surface area contributed by atoms with Crippen molar-refractivity contribution >= 4 is 44.8 Å². The van der Waals surface area contributed by atoms with Crippen LogP contribution < -0.4 is 0 Å². The minimum Gasteiger partial charge on any atom is -0.302 e. The average Bonchev–Trinajstić information content (AvgIpc) is 2.05. The van der Waals surface area contributed by atoms with Gasteiger partial charge in [0.2, 0.25) is 0 Å². The van der Waals surface area contributed by atoms with Crippen LogP contribution in [0.1, 0.15) is 9.49 Å². The Hall–Kier alpha value is 0.1000. The zero-order valence-electron chi connectivity index (χ0n) is 5.63. The highest BCUT2D eigenvalue weighted by molar-refractivity contribution is 14.1. The molecule has 3 heteroatoms. The number of hydrogen-bond donors (Lipinski definition) is 0. The number of hydrogen-bond acceptors (Lipinski definition) is 1. The van der Waals surface area contributed by atoms with Gasteiger partial charge in [-0.2, -0.15) is 0 Å². The molecule has 58 valence electrons. The van der Waals surface area contributed by atoms with Crippen LogP contribution >= 0.6 is 38.5 Å². The molecule has 0 aliphatic rings. The topological polar surface area (TPSA) is 17.1 Å². The molecule has 0 bridgehead atoms. The maximum absolute atomic E-state index is 10.4. The highest BCUT2D eigenvalue weighted by Gasteiger charge is 2.03. The third kappa shape index (κ3) is 2.56. The lowest BCUT2D eigenvalue weighted by Gasteiger charge is -2.00. The SMILES string of the molecule is O=CC(I)c1ccc(Br)cc1. The van der Waals surface area contributed by atoms with Gasteiger partial charge in [-0.25, -0.2) is 0 Å². The first-order valence-electron chi connectivity index (χ1n) is 3.09. The molecule has 0 fully saturated rings. The molecule has 1 aromatic rings. The first-order chi connectivity index (χ1) is 5.24. The van der Waals surface area contributed by atoms with Crippen LogP contribution in [0.5, 0.6) is 0 Å². The molecule has 0 amide bonds. The Labute approximate surface area is 87.5 Å². The molecule has 1 nitrogen and oxygen atoms in total. The second-order valence-electron chi connectivity index (χ2n) is 2.09. The van der Waals surface area contributed by atoms with Crippen LogP contribution in [0.3, 0.4) is 0 Å². The van der Waals surface area contributed by atoms with Crippen molar-refractivity contribution < 1.29 is 4.79 Å². The van der Waals surface area contributed by atoms with Gasteiger partial charge in [-0.05, 0) is 17.7 Å². The van der Waals surface area contributed by atoms with E-state index in [0.717, 1.165) is 16.3 Å². The fourth-order valence-corrected chi connectivity index (χ4v) is 1.40. The number of rotatable bonds is 2. The predicted octanol–water partition coefficient (Wildman–Crippen LogP) is 3.12. The fraction of sp³-hybridized carbons (Fsp3) is 0.125. The number of aldehydes is 1. The van der Waals surface area contributed by atoms with Crippen LogP contribution in [0.25, 0.3) is 0 Å². The van der Waals surface area contributed by atoms with Crippen molar-refractivity contribution in [3.8, 4) is 0 Å². The van der Waals surface area contributed by atoms with Crippen molar-refractivity contribution in [2.45, 2.75) is 3.92 Å². The van der Waals surface area contributed by atoms with Gasteiger partial charge < -0.3 is 4.79 Å². The number of alkyl halides is 1. The van der Waals surface area contributed by atoms with E-state index in [1.54, 1.807) is 0 Å². The van der Waals surface area contributed by atoms with E-state index in [1.165, 1.54) is 0 Å². The van der Waals surface area contributed by atoms with Gasteiger partial charge in [0.15, 0.2) is 0 Å². The summed E-state index contributed by atoms with van der Waals surface area (Å²) in [5, 5.41) is 0. The molecule has 0 heterocycles. The van der Waals surface area contributed by atoms with Gasteiger partial charge in [0.1, 0.15) is 6.29 Å². The molecule has 0 aromatic heterocycles. The summed E-state index contributed by atoms with van der Waals surface area (Å²) in [5.74, 6) is 0. The Morgan fingerprint density at radius 2 is 1.91 bits per heavy atom. The van der Waals surface area contributed by atoms with Crippen LogP contribution in [0, 0.1) is 0 Å². The van der Waals surface area contributed by atoms with Crippen LogP contribution in [0.2, 0.25) is 0 Å². The molecular formula is C8H6BrIO. The quantitative estimate of drug-likeness (QED) is 0.464. The minimum absolute atomic E-state index is 0.0271. The van der Waals surface area contributed by atoms with E-state index >= 15 is 0 Å². The molecule has 1 rings (SSSR count). The van der Waals surface area contributed by atoms with Gasteiger partial charge in [-0.1, -0.05) is 50.7 Å². The van der Waals surface area contributed by atoms with Gasteiger partial charge in [-0.3, -0.25) is 0 Å². The van der Waals surface area contributed by atoms with Crippen molar-refractivity contribution in [3.63, 3.8) is 0 Å². The van der Waals surface area contributed by atoms with E-state index in [0.29, 0.717) is 0 Å². The van der Waals surface area contributed by atoms with Gasteiger partial charge >= 0.3 is 0 Å². The highest BCUT2D eigenvalue weighted by atomic mass is 127. The largest absolute Gasteiger partial charge is 0.302 e. The smallest absolute Gasteiger partial charge is 0.137 e. The van der Waals surface area contributed by atoms with Crippen LogP contribution in [-0.4, -0.2) is 6.29 Å². The summed E-state index contributed by atoms with van der Waals surface area (Å²) in [7, 11) is 0. The molecule has 0 radical (unpaired) electrons. The lowest BCUT2D eigenvalue weighted by Crippen LogP contribution is -1.88. The normalized spacial score (nSPS) is 12.5.